The van der Waals surface area contributed by atoms with Crippen LogP contribution in [-0.2, 0) is 11.2 Å². The van der Waals surface area contributed by atoms with Crippen molar-refractivity contribution in [2.24, 2.45) is 5.73 Å². The second kappa shape index (κ2) is 4.84. The second-order valence-electron chi connectivity index (χ2n) is 3.65. The Morgan fingerprint density at radius 1 is 1.47 bits per heavy atom. The fraction of sp³-hybridized carbons (Fsp3) is 0.273. The van der Waals surface area contributed by atoms with Gasteiger partial charge in [0.1, 0.15) is 0 Å². The van der Waals surface area contributed by atoms with E-state index in [1.165, 1.54) is 0 Å². The number of amides is 1. The van der Waals surface area contributed by atoms with Crippen LogP contribution in [0.5, 0.6) is 0 Å². The average Bonchev–Trinajstić information content (AvgIpc) is 2.68. The summed E-state index contributed by atoms with van der Waals surface area (Å²) in [5.74, 6) is -0.642. The van der Waals surface area contributed by atoms with Crippen LogP contribution in [0.4, 0.5) is 0 Å². The molecule has 0 saturated carbocycles. The van der Waals surface area contributed by atoms with Crippen LogP contribution in [0.3, 0.4) is 0 Å². The topological polar surface area (TPSA) is 101 Å². The van der Waals surface area contributed by atoms with E-state index < -0.39 is 5.76 Å². The lowest BCUT2D eigenvalue weighted by Gasteiger charge is -2.03. The molecule has 1 aromatic heterocycles. The van der Waals surface area contributed by atoms with Gasteiger partial charge in [0.2, 0.25) is 5.91 Å². The molecule has 0 spiro atoms. The number of aromatic nitrogens is 1. The van der Waals surface area contributed by atoms with E-state index in [1.54, 1.807) is 6.07 Å². The highest BCUT2D eigenvalue weighted by Crippen LogP contribution is 2.12. The van der Waals surface area contributed by atoms with E-state index in [9.17, 15) is 9.59 Å². The summed E-state index contributed by atoms with van der Waals surface area (Å²) in [4.78, 5) is 24.4. The molecule has 4 N–H and O–H groups in total. The lowest BCUT2D eigenvalue weighted by atomic mass is 10.1. The normalized spacial score (nSPS) is 10.6. The van der Waals surface area contributed by atoms with E-state index >= 15 is 0 Å². The zero-order valence-electron chi connectivity index (χ0n) is 9.16. The van der Waals surface area contributed by atoms with Crippen molar-refractivity contribution in [3.63, 3.8) is 0 Å². The van der Waals surface area contributed by atoms with Gasteiger partial charge in [0.05, 0.1) is 12.1 Å². The van der Waals surface area contributed by atoms with Gasteiger partial charge < -0.3 is 15.5 Å². The van der Waals surface area contributed by atoms with Crippen LogP contribution in [0.2, 0.25) is 0 Å². The molecule has 2 rings (SSSR count). The van der Waals surface area contributed by atoms with Gasteiger partial charge in [-0.1, -0.05) is 6.07 Å². The Balaban J connectivity index is 2.04. The molecule has 6 heteroatoms. The van der Waals surface area contributed by atoms with Crippen LogP contribution < -0.4 is 16.8 Å². The zero-order valence-corrected chi connectivity index (χ0v) is 9.16. The van der Waals surface area contributed by atoms with Gasteiger partial charge in [-0.15, -0.1) is 0 Å². The van der Waals surface area contributed by atoms with Crippen molar-refractivity contribution in [1.82, 2.24) is 10.3 Å². The molecular weight excluding hydrogens is 222 g/mol. The summed E-state index contributed by atoms with van der Waals surface area (Å²) in [6, 6.07) is 5.41. The second-order valence-corrected chi connectivity index (χ2v) is 3.65. The summed E-state index contributed by atoms with van der Waals surface area (Å²) in [6.07, 6.45) is 0.675. The molecule has 0 bridgehead atoms. The predicted octanol–water partition coefficient (Wildman–Crippen LogP) is -0.261. The summed E-state index contributed by atoms with van der Waals surface area (Å²) in [7, 11) is 0. The Labute approximate surface area is 96.8 Å². The van der Waals surface area contributed by atoms with Crippen LogP contribution in [-0.4, -0.2) is 24.0 Å². The maximum atomic E-state index is 10.9. The molecule has 0 radical (unpaired) electrons. The Bertz CT molecular complexity index is 585. The van der Waals surface area contributed by atoms with Crippen LogP contribution >= 0.6 is 0 Å². The van der Waals surface area contributed by atoms with Gasteiger partial charge in [0, 0.05) is 6.54 Å². The van der Waals surface area contributed by atoms with Gasteiger partial charge in [-0.05, 0) is 24.1 Å². The molecule has 17 heavy (non-hydrogen) atoms. The first-order valence-corrected chi connectivity index (χ1v) is 5.27. The lowest BCUT2D eigenvalue weighted by Crippen LogP contribution is -2.31. The molecule has 0 aliphatic rings. The minimum absolute atomic E-state index is 0.00587. The smallest absolute Gasteiger partial charge is 0.408 e. The molecule has 90 valence electrons. The van der Waals surface area contributed by atoms with E-state index in [-0.39, 0.29) is 12.5 Å². The minimum Gasteiger partial charge on any atom is -0.408 e. The molecular formula is C11H13N3O3. The van der Waals surface area contributed by atoms with E-state index in [0.717, 1.165) is 5.56 Å². The number of hydrogen-bond donors (Lipinski definition) is 3. The number of nitrogens with two attached hydrogens (primary N) is 1. The highest BCUT2D eigenvalue weighted by atomic mass is 16.4. The van der Waals surface area contributed by atoms with E-state index in [0.29, 0.717) is 24.1 Å². The number of nitrogens with one attached hydrogen (secondary N) is 2. The third-order valence-electron chi connectivity index (χ3n) is 2.40. The van der Waals surface area contributed by atoms with Crippen molar-refractivity contribution < 1.29 is 9.21 Å². The summed E-state index contributed by atoms with van der Waals surface area (Å²) in [5.41, 5.74) is 7.37. The maximum Gasteiger partial charge on any atom is 0.417 e. The van der Waals surface area contributed by atoms with Crippen molar-refractivity contribution in [3.05, 3.63) is 34.3 Å². The Hall–Kier alpha value is -2.08. The summed E-state index contributed by atoms with van der Waals surface area (Å²) >= 11 is 0. The maximum absolute atomic E-state index is 10.9. The highest BCUT2D eigenvalue weighted by Gasteiger charge is 2.02. The fourth-order valence-electron chi connectivity index (χ4n) is 1.57. The van der Waals surface area contributed by atoms with Crippen molar-refractivity contribution in [1.29, 1.82) is 0 Å². The first kappa shape index (κ1) is 11.4. The zero-order chi connectivity index (χ0) is 12.3. The number of fused-ring (bicyclic) bond motifs is 1. The number of oxazole rings is 1. The van der Waals surface area contributed by atoms with Crippen molar-refractivity contribution >= 4 is 17.0 Å². The Morgan fingerprint density at radius 2 is 2.29 bits per heavy atom. The van der Waals surface area contributed by atoms with Gasteiger partial charge in [-0.25, -0.2) is 4.79 Å². The molecule has 0 atom stereocenters. The van der Waals surface area contributed by atoms with Crippen LogP contribution in [0.1, 0.15) is 5.56 Å². The summed E-state index contributed by atoms with van der Waals surface area (Å²) in [6.45, 7) is 0.512. The van der Waals surface area contributed by atoms with Gasteiger partial charge in [0.25, 0.3) is 0 Å². The monoisotopic (exact) mass is 235 g/mol. The lowest BCUT2D eigenvalue weighted by molar-refractivity contribution is -0.119. The molecule has 2 aromatic rings. The molecule has 0 aliphatic heterocycles. The van der Waals surface area contributed by atoms with Gasteiger partial charge >= 0.3 is 5.76 Å². The van der Waals surface area contributed by atoms with Crippen LogP contribution in [0.15, 0.2) is 27.4 Å². The third-order valence-corrected chi connectivity index (χ3v) is 2.40. The largest absolute Gasteiger partial charge is 0.417 e. The SMILES string of the molecule is NCC(=O)NCCc1ccc2oc(=O)[nH]c2c1. The van der Waals surface area contributed by atoms with Crippen molar-refractivity contribution in [2.45, 2.75) is 6.42 Å². The van der Waals surface area contributed by atoms with E-state index in [2.05, 4.69) is 10.3 Å². The number of carbonyl (C=O) groups is 1. The first-order valence-electron chi connectivity index (χ1n) is 5.27. The summed E-state index contributed by atoms with van der Waals surface area (Å²) < 4.78 is 4.89. The average molecular weight is 235 g/mol. The number of carbonyl (C=O) groups excluding carboxylic acids is 1. The number of H-pyrrole nitrogens is 1. The number of aromatic amines is 1. The van der Waals surface area contributed by atoms with E-state index in [1.807, 2.05) is 12.1 Å². The minimum atomic E-state index is -0.464. The molecule has 1 heterocycles. The molecule has 0 aliphatic carbocycles. The van der Waals surface area contributed by atoms with Crippen molar-refractivity contribution in [3.8, 4) is 0 Å². The standard InChI is InChI=1S/C11H13N3O3/c12-6-10(15)13-4-3-7-1-2-9-8(5-7)14-11(16)17-9/h1-2,5H,3-4,6,12H2,(H,13,15)(H,14,16). The highest BCUT2D eigenvalue weighted by molar-refractivity contribution is 5.77. The van der Waals surface area contributed by atoms with Crippen molar-refractivity contribution in [2.75, 3.05) is 13.1 Å². The van der Waals surface area contributed by atoms with Gasteiger partial charge in [-0.2, -0.15) is 0 Å². The molecule has 1 aromatic carbocycles. The predicted molar refractivity (Wildman–Crippen MR) is 62.6 cm³/mol. The first-order chi connectivity index (χ1) is 8.19. The van der Waals surface area contributed by atoms with Crippen LogP contribution in [0.25, 0.3) is 11.1 Å². The van der Waals surface area contributed by atoms with E-state index in [4.69, 9.17) is 10.2 Å². The molecule has 0 fully saturated rings. The number of rotatable bonds is 4. The quantitative estimate of drug-likeness (QED) is 0.679. The third kappa shape index (κ3) is 2.73. The number of benzene rings is 1. The van der Waals surface area contributed by atoms with Crippen LogP contribution in [0, 0.1) is 0 Å². The molecule has 0 saturated heterocycles. The Morgan fingerprint density at radius 3 is 3.06 bits per heavy atom. The molecule has 1 amide bonds. The Kier molecular flexibility index (Phi) is 3.24. The summed E-state index contributed by atoms with van der Waals surface area (Å²) in [5, 5.41) is 2.67. The van der Waals surface area contributed by atoms with Gasteiger partial charge in [-0.3, -0.25) is 9.78 Å². The van der Waals surface area contributed by atoms with Gasteiger partial charge in [0.15, 0.2) is 5.58 Å². The fourth-order valence-corrected chi connectivity index (χ4v) is 1.57. The number of hydrogen-bond acceptors (Lipinski definition) is 4. The molecule has 0 unspecified atom stereocenters. The molecule has 6 nitrogen and oxygen atoms in total.